The van der Waals surface area contributed by atoms with Crippen LogP contribution < -0.4 is 5.32 Å². The molecule has 1 aromatic heterocycles. The number of para-hydroxylation sites is 2. The van der Waals surface area contributed by atoms with Crippen LogP contribution in [0.15, 0.2) is 48.5 Å². The van der Waals surface area contributed by atoms with E-state index in [1.807, 2.05) is 24.3 Å². The highest BCUT2D eigenvalue weighted by Crippen LogP contribution is 2.14. The second-order valence-electron chi connectivity index (χ2n) is 4.70. The lowest BCUT2D eigenvalue weighted by Crippen LogP contribution is -2.06. The molecule has 0 radical (unpaired) electrons. The van der Waals surface area contributed by atoms with Crippen LogP contribution in [0.1, 0.15) is 5.56 Å². The summed E-state index contributed by atoms with van der Waals surface area (Å²) in [4.78, 5) is 17.8. The number of nitrogens with one attached hydrogen (secondary N) is 2. The van der Waals surface area contributed by atoms with Crippen molar-refractivity contribution < 1.29 is 4.92 Å². The number of benzene rings is 2. The van der Waals surface area contributed by atoms with E-state index < -0.39 is 4.92 Å². The fraction of sp³-hybridized carbons (Fsp3) is 0.133. The maximum absolute atomic E-state index is 10.6. The molecular formula is C15H14N4O2. The second kappa shape index (κ2) is 5.62. The maximum atomic E-state index is 10.6. The number of anilines is 1. The van der Waals surface area contributed by atoms with Crippen molar-refractivity contribution in [3.63, 3.8) is 0 Å². The summed E-state index contributed by atoms with van der Waals surface area (Å²) >= 11 is 0. The van der Waals surface area contributed by atoms with Crippen molar-refractivity contribution in [2.45, 2.75) is 6.42 Å². The lowest BCUT2D eigenvalue weighted by atomic mass is 10.1. The lowest BCUT2D eigenvalue weighted by molar-refractivity contribution is -0.384. The van der Waals surface area contributed by atoms with Crippen molar-refractivity contribution in [2.24, 2.45) is 0 Å². The number of H-pyrrole nitrogens is 1. The van der Waals surface area contributed by atoms with Crippen LogP contribution >= 0.6 is 0 Å². The van der Waals surface area contributed by atoms with Gasteiger partial charge in [-0.15, -0.1) is 0 Å². The minimum Gasteiger partial charge on any atom is -0.355 e. The molecule has 0 bridgehead atoms. The van der Waals surface area contributed by atoms with Gasteiger partial charge in [0.25, 0.3) is 5.69 Å². The van der Waals surface area contributed by atoms with Crippen molar-refractivity contribution >= 4 is 22.7 Å². The van der Waals surface area contributed by atoms with E-state index in [0.717, 1.165) is 29.0 Å². The molecule has 1 heterocycles. The molecule has 0 aliphatic rings. The summed E-state index contributed by atoms with van der Waals surface area (Å²) < 4.78 is 0. The van der Waals surface area contributed by atoms with Gasteiger partial charge in [0.1, 0.15) is 0 Å². The number of nitro benzene ring substituents is 1. The molecule has 2 aromatic carbocycles. The molecule has 3 aromatic rings. The van der Waals surface area contributed by atoms with Gasteiger partial charge < -0.3 is 10.3 Å². The summed E-state index contributed by atoms with van der Waals surface area (Å²) in [6, 6.07) is 14.4. The van der Waals surface area contributed by atoms with Crippen LogP contribution in [0.5, 0.6) is 0 Å². The first-order chi connectivity index (χ1) is 10.2. The van der Waals surface area contributed by atoms with Gasteiger partial charge in [0.2, 0.25) is 5.95 Å². The molecule has 2 N–H and O–H groups in total. The largest absolute Gasteiger partial charge is 0.355 e. The summed E-state index contributed by atoms with van der Waals surface area (Å²) in [6.07, 6.45) is 0.773. The first-order valence-corrected chi connectivity index (χ1v) is 6.64. The maximum Gasteiger partial charge on any atom is 0.269 e. The number of non-ortho nitro benzene ring substituents is 1. The number of nitrogens with zero attached hydrogens (tertiary/aromatic N) is 2. The zero-order chi connectivity index (χ0) is 14.7. The van der Waals surface area contributed by atoms with Gasteiger partial charge in [-0.25, -0.2) is 4.98 Å². The number of aromatic amines is 1. The van der Waals surface area contributed by atoms with Gasteiger partial charge in [-0.2, -0.15) is 0 Å². The molecule has 0 saturated carbocycles. The number of aromatic nitrogens is 2. The molecule has 0 fully saturated rings. The van der Waals surface area contributed by atoms with Gasteiger partial charge >= 0.3 is 0 Å². The average Bonchev–Trinajstić information content (AvgIpc) is 2.90. The van der Waals surface area contributed by atoms with Gasteiger partial charge in [-0.1, -0.05) is 24.3 Å². The number of fused-ring (bicyclic) bond motifs is 1. The molecule has 0 unspecified atom stereocenters. The van der Waals surface area contributed by atoms with Crippen LogP contribution in [0.2, 0.25) is 0 Å². The molecule has 0 aliphatic carbocycles. The summed E-state index contributed by atoms with van der Waals surface area (Å²) in [7, 11) is 0. The fourth-order valence-corrected chi connectivity index (χ4v) is 2.15. The number of hydrogen-bond donors (Lipinski definition) is 2. The van der Waals surface area contributed by atoms with E-state index in [1.54, 1.807) is 12.1 Å². The Morgan fingerprint density at radius 2 is 1.90 bits per heavy atom. The Bertz CT molecular complexity index is 732. The average molecular weight is 282 g/mol. The standard InChI is InChI=1S/C15H14N4O2/c20-19(21)12-7-5-11(6-8-12)9-10-16-15-17-13-3-1-2-4-14(13)18-15/h1-8H,9-10H2,(H2,16,17,18). The van der Waals surface area contributed by atoms with Crippen LogP contribution in [-0.4, -0.2) is 21.4 Å². The minimum atomic E-state index is -0.392. The zero-order valence-corrected chi connectivity index (χ0v) is 11.2. The number of rotatable bonds is 5. The molecule has 0 saturated heterocycles. The quantitative estimate of drug-likeness (QED) is 0.556. The van der Waals surface area contributed by atoms with Crippen molar-refractivity contribution in [3.05, 3.63) is 64.2 Å². The highest BCUT2D eigenvalue weighted by atomic mass is 16.6. The Hall–Kier alpha value is -2.89. The molecular weight excluding hydrogens is 268 g/mol. The molecule has 6 nitrogen and oxygen atoms in total. The van der Waals surface area contributed by atoms with E-state index in [1.165, 1.54) is 12.1 Å². The summed E-state index contributed by atoms with van der Waals surface area (Å²) in [6.45, 7) is 0.706. The minimum absolute atomic E-state index is 0.115. The third-order valence-electron chi connectivity index (χ3n) is 3.24. The Balaban J connectivity index is 1.59. The summed E-state index contributed by atoms with van der Waals surface area (Å²) in [5.41, 5.74) is 3.08. The monoisotopic (exact) mass is 282 g/mol. The fourth-order valence-electron chi connectivity index (χ4n) is 2.15. The third kappa shape index (κ3) is 3.00. The molecule has 0 atom stereocenters. The topological polar surface area (TPSA) is 83.8 Å². The highest BCUT2D eigenvalue weighted by Gasteiger charge is 2.04. The normalized spacial score (nSPS) is 10.7. The number of hydrogen-bond acceptors (Lipinski definition) is 4. The SMILES string of the molecule is O=[N+]([O-])c1ccc(CCNc2nc3ccccc3[nH]2)cc1. The van der Waals surface area contributed by atoms with Crippen molar-refractivity contribution in [1.29, 1.82) is 0 Å². The molecule has 0 amide bonds. The molecule has 3 rings (SSSR count). The van der Waals surface area contributed by atoms with E-state index in [2.05, 4.69) is 15.3 Å². The Morgan fingerprint density at radius 1 is 1.14 bits per heavy atom. The highest BCUT2D eigenvalue weighted by molar-refractivity contribution is 5.77. The molecule has 0 aliphatic heterocycles. The molecule has 21 heavy (non-hydrogen) atoms. The van der Waals surface area contributed by atoms with Crippen molar-refractivity contribution in [1.82, 2.24) is 9.97 Å². The van der Waals surface area contributed by atoms with Gasteiger partial charge in [0, 0.05) is 18.7 Å². The van der Waals surface area contributed by atoms with Crippen LogP contribution in [0, 0.1) is 10.1 Å². The van der Waals surface area contributed by atoms with Crippen LogP contribution in [0.3, 0.4) is 0 Å². The summed E-state index contributed by atoms with van der Waals surface area (Å²) in [5, 5.41) is 13.8. The van der Waals surface area contributed by atoms with Crippen LogP contribution in [0.4, 0.5) is 11.6 Å². The van der Waals surface area contributed by atoms with Crippen molar-refractivity contribution in [2.75, 3.05) is 11.9 Å². The smallest absolute Gasteiger partial charge is 0.269 e. The second-order valence-corrected chi connectivity index (χ2v) is 4.70. The van der Waals surface area contributed by atoms with E-state index in [-0.39, 0.29) is 5.69 Å². The molecule has 6 heteroatoms. The van der Waals surface area contributed by atoms with Crippen LogP contribution in [0.25, 0.3) is 11.0 Å². The predicted molar refractivity (Wildman–Crippen MR) is 81.4 cm³/mol. The first-order valence-electron chi connectivity index (χ1n) is 6.64. The van der Waals surface area contributed by atoms with Gasteiger partial charge in [0.15, 0.2) is 0 Å². The van der Waals surface area contributed by atoms with Gasteiger partial charge in [0.05, 0.1) is 16.0 Å². The van der Waals surface area contributed by atoms with Crippen LogP contribution in [-0.2, 0) is 6.42 Å². The van der Waals surface area contributed by atoms with Gasteiger partial charge in [-0.3, -0.25) is 10.1 Å². The third-order valence-corrected chi connectivity index (χ3v) is 3.24. The molecule has 0 spiro atoms. The van der Waals surface area contributed by atoms with E-state index in [9.17, 15) is 10.1 Å². The number of imidazole rings is 1. The van der Waals surface area contributed by atoms with E-state index in [4.69, 9.17) is 0 Å². The Kier molecular flexibility index (Phi) is 3.51. The molecule has 106 valence electrons. The van der Waals surface area contributed by atoms with E-state index >= 15 is 0 Å². The first kappa shape index (κ1) is 13.1. The zero-order valence-electron chi connectivity index (χ0n) is 11.2. The van der Waals surface area contributed by atoms with Crippen molar-refractivity contribution in [3.8, 4) is 0 Å². The number of nitro groups is 1. The van der Waals surface area contributed by atoms with Gasteiger partial charge in [-0.05, 0) is 24.1 Å². The Labute approximate surface area is 121 Å². The predicted octanol–water partition coefficient (Wildman–Crippen LogP) is 3.13. The summed E-state index contributed by atoms with van der Waals surface area (Å²) in [5.74, 6) is 0.734. The Morgan fingerprint density at radius 3 is 2.62 bits per heavy atom. The van der Waals surface area contributed by atoms with E-state index in [0.29, 0.717) is 6.54 Å². The lowest BCUT2D eigenvalue weighted by Gasteiger charge is -2.03.